The molecule has 0 unspecified atom stereocenters. The first-order valence-corrected chi connectivity index (χ1v) is 8.57. The lowest BCUT2D eigenvalue weighted by Crippen LogP contribution is -1.77. The zero-order valence-corrected chi connectivity index (χ0v) is 14.3. The van der Waals surface area contributed by atoms with Gasteiger partial charge in [0.05, 0.1) is 30.4 Å². The highest BCUT2D eigenvalue weighted by Crippen LogP contribution is 2.20. The number of nitrogens with one attached hydrogen (secondary N) is 2. The molecule has 5 rings (SSSR count). The molecule has 27 heavy (non-hydrogen) atoms. The molecular weight excluding hydrogens is 336 g/mol. The highest BCUT2D eigenvalue weighted by atomic mass is 16.2. The van der Waals surface area contributed by atoms with Crippen molar-refractivity contribution in [2.75, 3.05) is 0 Å². The van der Waals surface area contributed by atoms with Crippen LogP contribution in [0, 0.1) is 0 Å². The Morgan fingerprint density at radius 2 is 1.41 bits per heavy atom. The Kier molecular flexibility index (Phi) is 3.26. The van der Waals surface area contributed by atoms with Crippen LogP contribution < -0.4 is 0 Å². The fourth-order valence-corrected chi connectivity index (χ4v) is 3.17. The van der Waals surface area contributed by atoms with Crippen molar-refractivity contribution >= 4 is 52.4 Å². The fraction of sp³-hybridized carbons (Fsp3) is 0. The number of fused-ring (bicyclic) bond motifs is 8. The minimum absolute atomic E-state index is 0.307. The minimum atomic E-state index is 0.307. The monoisotopic (exact) mass is 353 g/mol. The number of hydrogen-bond donors (Lipinski definition) is 3. The van der Waals surface area contributed by atoms with Crippen LogP contribution in [0.3, 0.4) is 0 Å². The number of aliphatic hydroxyl groups excluding tert-OH is 1. The van der Waals surface area contributed by atoms with E-state index < -0.39 is 0 Å². The molecule has 3 aromatic rings. The van der Waals surface area contributed by atoms with Gasteiger partial charge in [0.25, 0.3) is 0 Å². The average Bonchev–Trinajstić information content (AvgIpc) is 3.44. The number of aliphatic hydroxyl groups is 1. The molecule has 5 nitrogen and oxygen atoms in total. The molecule has 130 valence electrons. The van der Waals surface area contributed by atoms with Crippen LogP contribution in [0.1, 0.15) is 29.7 Å². The topological polar surface area (TPSA) is 77.6 Å². The summed E-state index contributed by atoms with van der Waals surface area (Å²) in [6.45, 7) is 0. The van der Waals surface area contributed by atoms with Crippen LogP contribution in [0.15, 0.2) is 48.7 Å². The van der Waals surface area contributed by atoms with Gasteiger partial charge in [-0.2, -0.15) is 0 Å². The third-order valence-electron chi connectivity index (χ3n) is 4.36. The Balaban J connectivity index is 1.89. The summed E-state index contributed by atoms with van der Waals surface area (Å²) < 4.78 is 8.47. The van der Waals surface area contributed by atoms with Crippen molar-refractivity contribution in [1.82, 2.24) is 19.9 Å². The van der Waals surface area contributed by atoms with Crippen molar-refractivity contribution in [3.63, 3.8) is 0 Å². The normalized spacial score (nSPS) is 13.4. The second kappa shape index (κ2) is 6.14. The van der Waals surface area contributed by atoms with Crippen LogP contribution in [-0.4, -0.2) is 25.0 Å². The zero-order chi connectivity index (χ0) is 19.1. The predicted molar refractivity (Wildman–Crippen MR) is 111 cm³/mol. The van der Waals surface area contributed by atoms with E-state index in [1.165, 1.54) is 6.08 Å². The van der Waals surface area contributed by atoms with E-state index in [0.717, 1.165) is 40.1 Å². The van der Waals surface area contributed by atoms with Gasteiger partial charge in [-0.15, -0.1) is 0 Å². The molecule has 3 aromatic heterocycles. The lowest BCUT2D eigenvalue weighted by molar-refractivity contribution is 0.478. The molecule has 2 aliphatic heterocycles. The van der Waals surface area contributed by atoms with E-state index in [9.17, 15) is 5.11 Å². The van der Waals surface area contributed by atoms with Gasteiger partial charge in [0.15, 0.2) is 0 Å². The fourth-order valence-electron chi connectivity index (χ4n) is 3.17. The van der Waals surface area contributed by atoms with E-state index in [4.69, 9.17) is 1.37 Å². The zero-order valence-electron chi connectivity index (χ0n) is 15.3. The molecule has 0 amide bonds. The van der Waals surface area contributed by atoms with Gasteiger partial charge in [-0.25, -0.2) is 9.97 Å². The summed E-state index contributed by atoms with van der Waals surface area (Å²) >= 11 is 0. The number of nitrogens with zero attached hydrogens (tertiary/aromatic N) is 2. The van der Waals surface area contributed by atoms with E-state index >= 15 is 0 Å². The van der Waals surface area contributed by atoms with Crippen molar-refractivity contribution in [2.24, 2.45) is 0 Å². The Morgan fingerprint density at radius 3 is 2.11 bits per heavy atom. The molecule has 0 spiro atoms. The molecule has 3 N–H and O–H groups in total. The third kappa shape index (κ3) is 3.06. The van der Waals surface area contributed by atoms with Crippen molar-refractivity contribution in [1.29, 1.82) is 0 Å². The van der Waals surface area contributed by atoms with Crippen LogP contribution in [0.4, 0.5) is 0 Å². The quantitative estimate of drug-likeness (QED) is 0.363. The van der Waals surface area contributed by atoms with Gasteiger partial charge < -0.3 is 15.1 Å². The van der Waals surface area contributed by atoms with Gasteiger partial charge in [0, 0.05) is 27.6 Å². The Bertz CT molecular complexity index is 1340. The van der Waals surface area contributed by atoms with E-state index in [2.05, 4.69) is 19.9 Å². The van der Waals surface area contributed by atoms with E-state index in [1.807, 2.05) is 60.7 Å². The lowest BCUT2D eigenvalue weighted by atomic mass is 10.2. The SMILES string of the molecule is [2H]c1c(C=CO)c2cc3nc(cc4nc(cc5ccc(cc1[nH]2)[nH]5)C=C4)C=C3. The molecule has 0 saturated carbocycles. The van der Waals surface area contributed by atoms with Crippen molar-refractivity contribution in [2.45, 2.75) is 0 Å². The Labute approximate surface area is 156 Å². The minimum Gasteiger partial charge on any atom is -0.516 e. The van der Waals surface area contributed by atoms with Crippen LogP contribution in [0.2, 0.25) is 0 Å². The number of aromatic amines is 2. The number of rotatable bonds is 1. The maximum absolute atomic E-state index is 9.26. The largest absolute Gasteiger partial charge is 0.516 e. The molecule has 0 radical (unpaired) electrons. The summed E-state index contributed by atoms with van der Waals surface area (Å²) in [6, 6.07) is 11.9. The Hall–Kier alpha value is -3.86. The number of H-pyrrole nitrogens is 2. The second-order valence-corrected chi connectivity index (χ2v) is 6.34. The molecule has 0 fully saturated rings. The summed E-state index contributed by atoms with van der Waals surface area (Å²) in [5, 5.41) is 9.26. The molecule has 0 saturated heterocycles. The van der Waals surface area contributed by atoms with Crippen LogP contribution in [0.5, 0.6) is 0 Å². The van der Waals surface area contributed by atoms with E-state index in [1.54, 1.807) is 0 Å². The Morgan fingerprint density at radius 1 is 0.778 bits per heavy atom. The van der Waals surface area contributed by atoms with Gasteiger partial charge in [-0.05, 0) is 72.8 Å². The van der Waals surface area contributed by atoms with Gasteiger partial charge in [-0.1, -0.05) is 0 Å². The van der Waals surface area contributed by atoms with Gasteiger partial charge in [-0.3, -0.25) is 0 Å². The van der Waals surface area contributed by atoms with E-state index in [-0.39, 0.29) is 0 Å². The number of aromatic nitrogens is 4. The second-order valence-electron chi connectivity index (χ2n) is 6.34. The summed E-state index contributed by atoms with van der Waals surface area (Å²) in [7, 11) is 0. The first-order valence-electron chi connectivity index (χ1n) is 9.07. The van der Waals surface area contributed by atoms with Crippen LogP contribution in [-0.2, 0) is 0 Å². The third-order valence-corrected chi connectivity index (χ3v) is 4.36. The highest BCUT2D eigenvalue weighted by Gasteiger charge is 2.04. The van der Waals surface area contributed by atoms with Gasteiger partial charge >= 0.3 is 0 Å². The van der Waals surface area contributed by atoms with Gasteiger partial charge in [0.2, 0.25) is 0 Å². The maximum Gasteiger partial charge on any atom is 0.0798 e. The molecule has 8 bridgehead atoms. The van der Waals surface area contributed by atoms with Crippen molar-refractivity contribution in [3.8, 4) is 0 Å². The highest BCUT2D eigenvalue weighted by molar-refractivity contribution is 5.81. The lowest BCUT2D eigenvalue weighted by Gasteiger charge is -1.88. The molecule has 5 heteroatoms. The van der Waals surface area contributed by atoms with Crippen LogP contribution in [0.25, 0.3) is 52.4 Å². The van der Waals surface area contributed by atoms with Crippen LogP contribution >= 0.6 is 0 Å². The standard InChI is InChI=1S/C22H16N4O/c27-8-7-14-9-21-12-19-4-3-17(24-19)10-15-1-2-16(23-15)11-18-5-6-20(25-18)13-22(14)26-21/h1-13,24,26-27H/i9D. The van der Waals surface area contributed by atoms with Crippen molar-refractivity contribution in [3.05, 3.63) is 77.0 Å². The molecule has 0 atom stereocenters. The smallest absolute Gasteiger partial charge is 0.0798 e. The first kappa shape index (κ1) is 14.3. The summed E-state index contributed by atoms with van der Waals surface area (Å²) in [5.74, 6) is 0. The van der Waals surface area contributed by atoms with E-state index in [0.29, 0.717) is 22.6 Å². The predicted octanol–water partition coefficient (Wildman–Crippen LogP) is 5.18. The molecule has 0 aliphatic carbocycles. The van der Waals surface area contributed by atoms with Crippen molar-refractivity contribution < 1.29 is 6.48 Å². The first-order chi connectivity index (χ1) is 13.7. The molecular formula is C22H16N4O. The summed E-state index contributed by atoms with van der Waals surface area (Å²) in [5.41, 5.74) is 7.05. The molecule has 5 heterocycles. The van der Waals surface area contributed by atoms with Gasteiger partial charge in [0.1, 0.15) is 0 Å². The molecule has 0 aromatic carbocycles. The number of hydrogen-bond acceptors (Lipinski definition) is 3. The average molecular weight is 353 g/mol. The molecule has 2 aliphatic rings. The maximum atomic E-state index is 9.26. The summed E-state index contributed by atoms with van der Waals surface area (Å²) in [4.78, 5) is 15.8. The summed E-state index contributed by atoms with van der Waals surface area (Å²) in [6.07, 6.45) is 10.2.